The summed E-state index contributed by atoms with van der Waals surface area (Å²) in [5, 5.41) is 10.4. The average Bonchev–Trinajstić information content (AvgIpc) is 2.38. The van der Waals surface area contributed by atoms with Crippen molar-refractivity contribution in [2.45, 2.75) is 45.1 Å². The molecule has 2 rings (SSSR count). The van der Waals surface area contributed by atoms with Gasteiger partial charge in [-0.05, 0) is 25.5 Å². The fraction of sp³-hybridized carbons (Fsp3) is 0.571. The summed E-state index contributed by atoms with van der Waals surface area (Å²) in [7, 11) is 0. The van der Waals surface area contributed by atoms with Crippen molar-refractivity contribution >= 4 is 11.6 Å². The molecule has 106 valence electrons. The van der Waals surface area contributed by atoms with E-state index in [-0.39, 0.29) is 18.5 Å². The molecular formula is C14H19ClO4. The summed E-state index contributed by atoms with van der Waals surface area (Å²) in [6, 6.07) is 7.51. The van der Waals surface area contributed by atoms with Gasteiger partial charge < -0.3 is 19.3 Å². The van der Waals surface area contributed by atoms with E-state index in [4.69, 9.17) is 25.8 Å². The Labute approximate surface area is 118 Å². The molecule has 1 unspecified atom stereocenters. The average molecular weight is 287 g/mol. The summed E-state index contributed by atoms with van der Waals surface area (Å²) in [4.78, 5) is 0. The van der Waals surface area contributed by atoms with Crippen LogP contribution in [-0.2, 0) is 20.8 Å². The second kappa shape index (κ2) is 6.68. The molecule has 0 spiro atoms. The Hall–Kier alpha value is -0.650. The molecule has 1 saturated heterocycles. The predicted molar refractivity (Wildman–Crippen MR) is 72.0 cm³/mol. The van der Waals surface area contributed by atoms with Crippen molar-refractivity contribution in [3.8, 4) is 0 Å². The van der Waals surface area contributed by atoms with Crippen LogP contribution in [0.5, 0.6) is 0 Å². The van der Waals surface area contributed by atoms with Gasteiger partial charge in [-0.15, -0.1) is 0 Å². The zero-order valence-corrected chi connectivity index (χ0v) is 11.8. The van der Waals surface area contributed by atoms with E-state index in [9.17, 15) is 5.11 Å². The van der Waals surface area contributed by atoms with Crippen molar-refractivity contribution in [1.29, 1.82) is 0 Å². The highest BCUT2D eigenvalue weighted by atomic mass is 35.5. The first kappa shape index (κ1) is 14.8. The molecule has 0 amide bonds. The lowest BCUT2D eigenvalue weighted by Crippen LogP contribution is -2.49. The molecule has 1 aromatic carbocycles. The standard InChI is InChI=1S/C14H19ClO4/c1-9(16)14-13(8-17-10(2)19-14)18-7-11-5-3-4-6-12(11)15/h3-6,9-10,13-14,16H,7-8H2,1-2H3/t9?,10-,13+,14+/m0/s1. The molecule has 1 heterocycles. The van der Waals surface area contributed by atoms with Crippen LogP contribution in [0.15, 0.2) is 24.3 Å². The monoisotopic (exact) mass is 286 g/mol. The van der Waals surface area contributed by atoms with Gasteiger partial charge in [0, 0.05) is 5.02 Å². The zero-order chi connectivity index (χ0) is 13.8. The maximum atomic E-state index is 9.73. The number of benzene rings is 1. The molecule has 5 heteroatoms. The highest BCUT2D eigenvalue weighted by Gasteiger charge is 2.34. The molecule has 19 heavy (non-hydrogen) atoms. The van der Waals surface area contributed by atoms with E-state index in [1.54, 1.807) is 13.8 Å². The molecule has 0 aliphatic carbocycles. The quantitative estimate of drug-likeness (QED) is 0.923. The van der Waals surface area contributed by atoms with E-state index in [2.05, 4.69) is 0 Å². The number of halogens is 1. The summed E-state index contributed by atoms with van der Waals surface area (Å²) >= 11 is 6.07. The highest BCUT2D eigenvalue weighted by Crippen LogP contribution is 2.22. The number of hydrogen-bond donors (Lipinski definition) is 1. The van der Waals surface area contributed by atoms with Gasteiger partial charge in [0.05, 0.1) is 19.3 Å². The Morgan fingerprint density at radius 3 is 2.89 bits per heavy atom. The van der Waals surface area contributed by atoms with Crippen LogP contribution in [0.4, 0.5) is 0 Å². The van der Waals surface area contributed by atoms with Gasteiger partial charge in [-0.1, -0.05) is 29.8 Å². The lowest BCUT2D eigenvalue weighted by Gasteiger charge is -2.36. The van der Waals surface area contributed by atoms with Crippen LogP contribution in [0.25, 0.3) is 0 Å². The molecule has 1 fully saturated rings. The van der Waals surface area contributed by atoms with Gasteiger partial charge in [0.1, 0.15) is 12.2 Å². The second-order valence-corrected chi connectivity index (χ2v) is 5.09. The molecule has 1 aromatic rings. The van der Waals surface area contributed by atoms with Crippen molar-refractivity contribution in [3.63, 3.8) is 0 Å². The Morgan fingerprint density at radius 1 is 1.47 bits per heavy atom. The van der Waals surface area contributed by atoms with Crippen LogP contribution in [0.1, 0.15) is 19.4 Å². The summed E-state index contributed by atoms with van der Waals surface area (Å²) in [6.07, 6.45) is -1.61. The minimum Gasteiger partial charge on any atom is -0.391 e. The lowest BCUT2D eigenvalue weighted by molar-refractivity contribution is -0.273. The van der Waals surface area contributed by atoms with Crippen molar-refractivity contribution in [3.05, 3.63) is 34.9 Å². The van der Waals surface area contributed by atoms with Crippen molar-refractivity contribution < 1.29 is 19.3 Å². The number of hydrogen-bond acceptors (Lipinski definition) is 4. The van der Waals surface area contributed by atoms with Crippen LogP contribution in [0.2, 0.25) is 5.02 Å². The molecule has 1 N–H and O–H groups in total. The van der Waals surface area contributed by atoms with Gasteiger partial charge in [-0.25, -0.2) is 0 Å². The first-order chi connectivity index (χ1) is 9.08. The van der Waals surface area contributed by atoms with E-state index >= 15 is 0 Å². The normalized spacial score (nSPS) is 29.2. The summed E-state index contributed by atoms with van der Waals surface area (Å²) in [6.45, 7) is 4.27. The van der Waals surface area contributed by atoms with Crippen LogP contribution in [0, 0.1) is 0 Å². The lowest BCUT2D eigenvalue weighted by atomic mass is 10.1. The van der Waals surface area contributed by atoms with Crippen LogP contribution in [0.3, 0.4) is 0 Å². The fourth-order valence-electron chi connectivity index (χ4n) is 2.05. The molecule has 0 radical (unpaired) electrons. The Kier molecular flexibility index (Phi) is 5.19. The van der Waals surface area contributed by atoms with Crippen LogP contribution >= 0.6 is 11.6 Å². The van der Waals surface area contributed by atoms with Gasteiger partial charge >= 0.3 is 0 Å². The second-order valence-electron chi connectivity index (χ2n) is 4.68. The van der Waals surface area contributed by atoms with E-state index < -0.39 is 6.10 Å². The highest BCUT2D eigenvalue weighted by molar-refractivity contribution is 6.31. The molecule has 1 aliphatic heterocycles. The Bertz CT molecular complexity index is 410. The summed E-state index contributed by atoms with van der Waals surface area (Å²) in [5.41, 5.74) is 0.909. The van der Waals surface area contributed by atoms with Crippen LogP contribution < -0.4 is 0 Å². The van der Waals surface area contributed by atoms with E-state index in [0.717, 1.165) is 5.56 Å². The molecule has 1 aliphatic rings. The third kappa shape index (κ3) is 3.91. The summed E-state index contributed by atoms with van der Waals surface area (Å²) < 4.78 is 16.7. The molecule has 0 aromatic heterocycles. The maximum absolute atomic E-state index is 9.73. The Balaban J connectivity index is 1.96. The van der Waals surface area contributed by atoms with Gasteiger partial charge in [0.2, 0.25) is 0 Å². The van der Waals surface area contributed by atoms with E-state index in [1.165, 1.54) is 0 Å². The van der Waals surface area contributed by atoms with Gasteiger partial charge in [0.25, 0.3) is 0 Å². The number of aliphatic hydroxyl groups is 1. The smallest absolute Gasteiger partial charge is 0.155 e. The van der Waals surface area contributed by atoms with Crippen LogP contribution in [-0.4, -0.2) is 36.3 Å². The largest absolute Gasteiger partial charge is 0.391 e. The van der Waals surface area contributed by atoms with E-state index in [1.807, 2.05) is 24.3 Å². The number of rotatable bonds is 4. The topological polar surface area (TPSA) is 47.9 Å². The zero-order valence-electron chi connectivity index (χ0n) is 11.1. The first-order valence-corrected chi connectivity index (χ1v) is 6.76. The minimum atomic E-state index is -0.609. The van der Waals surface area contributed by atoms with E-state index in [0.29, 0.717) is 18.2 Å². The molecule has 0 saturated carbocycles. The number of aliphatic hydroxyl groups excluding tert-OH is 1. The third-order valence-electron chi connectivity index (χ3n) is 3.10. The minimum absolute atomic E-state index is 0.299. The molecular weight excluding hydrogens is 268 g/mol. The summed E-state index contributed by atoms with van der Waals surface area (Å²) in [5.74, 6) is 0. The molecule has 4 atom stereocenters. The van der Waals surface area contributed by atoms with Crippen molar-refractivity contribution in [1.82, 2.24) is 0 Å². The Morgan fingerprint density at radius 2 is 2.21 bits per heavy atom. The molecule has 0 bridgehead atoms. The first-order valence-electron chi connectivity index (χ1n) is 6.38. The van der Waals surface area contributed by atoms with Gasteiger partial charge in [-0.2, -0.15) is 0 Å². The van der Waals surface area contributed by atoms with Crippen molar-refractivity contribution in [2.24, 2.45) is 0 Å². The molecule has 4 nitrogen and oxygen atoms in total. The van der Waals surface area contributed by atoms with Gasteiger partial charge in [-0.3, -0.25) is 0 Å². The van der Waals surface area contributed by atoms with Crippen molar-refractivity contribution in [2.75, 3.05) is 6.61 Å². The fourth-order valence-corrected chi connectivity index (χ4v) is 2.24. The SMILES string of the molecule is CC(O)[C@H]1O[C@@H](C)OC[C@H]1OCc1ccccc1Cl. The van der Waals surface area contributed by atoms with Gasteiger partial charge in [0.15, 0.2) is 6.29 Å². The third-order valence-corrected chi connectivity index (χ3v) is 3.47. The maximum Gasteiger partial charge on any atom is 0.155 e. The number of ether oxygens (including phenoxy) is 3. The predicted octanol–water partition coefficient (Wildman–Crippen LogP) is 2.37.